The van der Waals surface area contributed by atoms with E-state index in [1.54, 1.807) is 12.4 Å². The lowest BCUT2D eigenvalue weighted by atomic mass is 9.71. The Morgan fingerprint density at radius 2 is 1.96 bits per heavy atom. The van der Waals surface area contributed by atoms with Crippen molar-refractivity contribution in [2.75, 3.05) is 5.32 Å². The number of nitrogens with one attached hydrogen (secondary N) is 1. The summed E-state index contributed by atoms with van der Waals surface area (Å²) in [6, 6.07) is 8.42. The molecule has 1 aromatic heterocycles. The summed E-state index contributed by atoms with van der Waals surface area (Å²) in [5, 5.41) is 2.67. The lowest BCUT2D eigenvalue weighted by Crippen LogP contribution is -2.39. The maximum Gasteiger partial charge on any atom is 0.416 e. The molecular weight excluding hydrogens is 357 g/mol. The number of hydrogen-bond donors (Lipinski definition) is 1. The van der Waals surface area contributed by atoms with Crippen LogP contribution < -0.4 is 5.32 Å². The summed E-state index contributed by atoms with van der Waals surface area (Å²) >= 11 is 0. The summed E-state index contributed by atoms with van der Waals surface area (Å²) in [6.07, 6.45) is -0.544. The molecule has 2 bridgehead atoms. The normalized spacial score (nSPS) is 29.7. The Morgan fingerprint density at radius 1 is 1.22 bits per heavy atom. The zero-order valence-electron chi connectivity index (χ0n) is 14.6. The molecule has 0 unspecified atom stereocenters. The molecule has 0 radical (unpaired) electrons. The van der Waals surface area contributed by atoms with E-state index in [0.717, 1.165) is 24.1 Å². The van der Waals surface area contributed by atoms with Gasteiger partial charge in [0.15, 0.2) is 0 Å². The van der Waals surface area contributed by atoms with Gasteiger partial charge in [-0.3, -0.25) is 9.78 Å². The quantitative estimate of drug-likeness (QED) is 0.872. The number of ether oxygens (including phenoxy) is 1. The molecule has 2 saturated heterocycles. The summed E-state index contributed by atoms with van der Waals surface area (Å²) in [4.78, 5) is 17.0. The van der Waals surface area contributed by atoms with Gasteiger partial charge in [0, 0.05) is 24.0 Å². The Balaban J connectivity index is 1.60. The molecule has 142 valence electrons. The second kappa shape index (κ2) is 6.64. The molecule has 1 amide bonds. The Bertz CT molecular complexity index is 841. The zero-order valence-corrected chi connectivity index (χ0v) is 14.6. The summed E-state index contributed by atoms with van der Waals surface area (Å²) < 4.78 is 44.8. The minimum atomic E-state index is -4.45. The summed E-state index contributed by atoms with van der Waals surface area (Å²) in [6.45, 7) is 2.04. The number of rotatable bonds is 3. The molecular formula is C20H19F3N2O2. The van der Waals surface area contributed by atoms with Gasteiger partial charge >= 0.3 is 6.18 Å². The van der Waals surface area contributed by atoms with Gasteiger partial charge in [0.25, 0.3) is 0 Å². The largest absolute Gasteiger partial charge is 0.416 e. The monoisotopic (exact) mass is 376 g/mol. The van der Waals surface area contributed by atoms with E-state index < -0.39 is 17.7 Å². The number of nitrogens with zero attached hydrogens (tertiary/aromatic N) is 1. The minimum Gasteiger partial charge on any atom is -0.373 e. The topological polar surface area (TPSA) is 51.2 Å². The van der Waals surface area contributed by atoms with Crippen LogP contribution in [0.25, 0.3) is 0 Å². The third-order valence-corrected chi connectivity index (χ3v) is 5.49. The van der Waals surface area contributed by atoms with E-state index in [-0.39, 0.29) is 35.6 Å². The van der Waals surface area contributed by atoms with E-state index >= 15 is 0 Å². The molecule has 27 heavy (non-hydrogen) atoms. The van der Waals surface area contributed by atoms with Crippen LogP contribution in [0.2, 0.25) is 0 Å². The van der Waals surface area contributed by atoms with Gasteiger partial charge in [0.1, 0.15) is 0 Å². The van der Waals surface area contributed by atoms with E-state index in [2.05, 4.69) is 10.3 Å². The average Bonchev–Trinajstić information content (AvgIpc) is 3.19. The second-order valence-electron chi connectivity index (χ2n) is 7.25. The molecule has 0 saturated carbocycles. The van der Waals surface area contributed by atoms with Crippen molar-refractivity contribution in [3.63, 3.8) is 0 Å². The number of hydrogen-bond acceptors (Lipinski definition) is 3. The van der Waals surface area contributed by atoms with E-state index in [0.29, 0.717) is 0 Å². The van der Waals surface area contributed by atoms with Crippen LogP contribution in [0.4, 0.5) is 18.9 Å². The van der Waals surface area contributed by atoms with Gasteiger partial charge in [0.2, 0.25) is 5.91 Å². The fourth-order valence-electron chi connectivity index (χ4n) is 4.32. The molecule has 5 atom stereocenters. The average molecular weight is 376 g/mol. The number of amides is 1. The van der Waals surface area contributed by atoms with Gasteiger partial charge < -0.3 is 10.1 Å². The zero-order chi connectivity index (χ0) is 19.2. The predicted octanol–water partition coefficient (Wildman–Crippen LogP) is 4.25. The van der Waals surface area contributed by atoms with Crippen LogP contribution >= 0.6 is 0 Å². The van der Waals surface area contributed by atoms with Gasteiger partial charge in [-0.25, -0.2) is 0 Å². The first-order chi connectivity index (χ1) is 12.8. The number of alkyl halides is 3. The van der Waals surface area contributed by atoms with Crippen molar-refractivity contribution in [2.24, 2.45) is 11.8 Å². The maximum absolute atomic E-state index is 13.0. The molecule has 0 spiro atoms. The van der Waals surface area contributed by atoms with Gasteiger partial charge in [0.05, 0.1) is 23.7 Å². The van der Waals surface area contributed by atoms with Crippen LogP contribution in [0.1, 0.15) is 30.4 Å². The number of carbonyl (C=O) groups excluding carboxylic acids is 1. The maximum atomic E-state index is 13.0. The summed E-state index contributed by atoms with van der Waals surface area (Å²) in [5.74, 6) is -0.656. The highest BCUT2D eigenvalue weighted by molar-refractivity contribution is 5.94. The second-order valence-corrected chi connectivity index (χ2v) is 7.25. The number of anilines is 1. The molecule has 2 aromatic rings. The smallest absolute Gasteiger partial charge is 0.373 e. The number of pyridine rings is 1. The number of carbonyl (C=O) groups is 1. The molecule has 0 aliphatic carbocycles. The van der Waals surface area contributed by atoms with E-state index in [9.17, 15) is 18.0 Å². The molecule has 2 aliphatic heterocycles. The first-order valence-electron chi connectivity index (χ1n) is 8.88. The predicted molar refractivity (Wildman–Crippen MR) is 93.0 cm³/mol. The van der Waals surface area contributed by atoms with Crippen molar-refractivity contribution in [3.8, 4) is 0 Å². The first kappa shape index (κ1) is 18.0. The van der Waals surface area contributed by atoms with Crippen molar-refractivity contribution in [1.82, 2.24) is 4.98 Å². The Kier molecular flexibility index (Phi) is 4.42. The van der Waals surface area contributed by atoms with Gasteiger partial charge in [-0.2, -0.15) is 13.2 Å². The highest BCUT2D eigenvalue weighted by Crippen LogP contribution is 2.51. The summed E-state index contributed by atoms with van der Waals surface area (Å²) in [5.41, 5.74) is 0.316. The lowest BCUT2D eigenvalue weighted by Gasteiger charge is -2.30. The first-order valence-corrected chi connectivity index (χ1v) is 8.88. The number of benzene rings is 1. The molecule has 1 aromatic carbocycles. The number of fused-ring (bicyclic) bond motifs is 2. The van der Waals surface area contributed by atoms with Crippen LogP contribution in [0.5, 0.6) is 0 Å². The fourth-order valence-corrected chi connectivity index (χ4v) is 4.32. The van der Waals surface area contributed by atoms with Crippen molar-refractivity contribution >= 4 is 11.6 Å². The summed E-state index contributed by atoms with van der Waals surface area (Å²) in [7, 11) is 0. The van der Waals surface area contributed by atoms with E-state index in [1.165, 1.54) is 12.1 Å². The SMILES string of the molecule is C[C@H]1C[C@H]2O[C@H]1[C@@H](C(=O)Nc1cccc(C(F)(F)F)c1)[C@H]2c1ccncc1. The van der Waals surface area contributed by atoms with Crippen LogP contribution in [-0.2, 0) is 15.7 Å². The van der Waals surface area contributed by atoms with Crippen molar-refractivity contribution in [1.29, 1.82) is 0 Å². The van der Waals surface area contributed by atoms with E-state index in [1.807, 2.05) is 19.1 Å². The molecule has 7 heteroatoms. The number of halogens is 3. The van der Waals surface area contributed by atoms with Gasteiger partial charge in [-0.1, -0.05) is 13.0 Å². The molecule has 4 rings (SSSR count). The third kappa shape index (κ3) is 3.32. The van der Waals surface area contributed by atoms with Crippen LogP contribution in [0, 0.1) is 11.8 Å². The molecule has 4 nitrogen and oxygen atoms in total. The highest BCUT2D eigenvalue weighted by Gasteiger charge is 2.55. The van der Waals surface area contributed by atoms with Crippen molar-refractivity contribution in [3.05, 3.63) is 59.9 Å². The molecule has 1 N–H and O–H groups in total. The lowest BCUT2D eigenvalue weighted by molar-refractivity contribution is -0.137. The van der Waals surface area contributed by atoms with Crippen LogP contribution in [-0.4, -0.2) is 23.1 Å². The Hall–Kier alpha value is -2.41. The van der Waals surface area contributed by atoms with Crippen LogP contribution in [0.15, 0.2) is 48.8 Å². The number of aromatic nitrogens is 1. The van der Waals surface area contributed by atoms with Crippen molar-refractivity contribution in [2.45, 2.75) is 37.6 Å². The minimum absolute atomic E-state index is 0.0651. The van der Waals surface area contributed by atoms with Gasteiger partial charge in [-0.05, 0) is 48.2 Å². The Morgan fingerprint density at radius 3 is 2.67 bits per heavy atom. The third-order valence-electron chi connectivity index (χ3n) is 5.49. The van der Waals surface area contributed by atoms with Gasteiger partial charge in [-0.15, -0.1) is 0 Å². The van der Waals surface area contributed by atoms with Crippen LogP contribution in [0.3, 0.4) is 0 Å². The van der Waals surface area contributed by atoms with Crippen molar-refractivity contribution < 1.29 is 22.7 Å². The molecule has 3 heterocycles. The fraction of sp³-hybridized carbons (Fsp3) is 0.400. The Labute approximate surface area is 154 Å². The molecule has 2 fully saturated rings. The van der Waals surface area contributed by atoms with E-state index in [4.69, 9.17) is 4.74 Å². The highest BCUT2D eigenvalue weighted by atomic mass is 19.4. The molecule has 2 aliphatic rings. The standard InChI is InChI=1S/C20H19F3N2O2/c1-11-9-15-16(12-5-7-24-8-6-12)17(18(11)27-15)19(26)25-14-4-2-3-13(10-14)20(21,22)23/h2-8,10-11,15-18H,9H2,1H3,(H,25,26)/t11-,15+,16-,17-,18+/m0/s1.